The van der Waals surface area contributed by atoms with Crippen LogP contribution < -0.4 is 10.4 Å². The molecule has 0 bridgehead atoms. The van der Waals surface area contributed by atoms with Crippen molar-refractivity contribution in [2.75, 3.05) is 12.1 Å². The number of carbonyl (C=O) groups is 1. The summed E-state index contributed by atoms with van der Waals surface area (Å²) in [6.07, 6.45) is 1.55. The zero-order valence-electron chi connectivity index (χ0n) is 9.85. The highest BCUT2D eigenvalue weighted by Crippen LogP contribution is 2.26. The average molecular weight is 299 g/mol. The van der Waals surface area contributed by atoms with E-state index in [9.17, 15) is 4.79 Å². The number of carbonyl (C=O) groups excluding carboxylic acids is 1. The van der Waals surface area contributed by atoms with E-state index in [0.29, 0.717) is 11.7 Å². The van der Waals surface area contributed by atoms with Crippen molar-refractivity contribution < 1.29 is 4.79 Å². The molecule has 1 aromatic rings. The quantitative estimate of drug-likeness (QED) is 0.380. The maximum atomic E-state index is 11.0. The van der Waals surface area contributed by atoms with Gasteiger partial charge in [-0.15, -0.1) is 0 Å². The van der Waals surface area contributed by atoms with E-state index in [0.717, 1.165) is 17.7 Å². The third-order valence-electron chi connectivity index (χ3n) is 2.35. The van der Waals surface area contributed by atoms with Gasteiger partial charge in [-0.05, 0) is 28.8 Å². The molecule has 0 aromatic heterocycles. The number of aryl methyl sites for hydroxylation is 1. The van der Waals surface area contributed by atoms with E-state index in [1.807, 2.05) is 18.2 Å². The minimum atomic E-state index is 0.641. The molecule has 0 saturated heterocycles. The molecule has 92 valence electrons. The molecule has 0 heterocycles. The van der Waals surface area contributed by atoms with Gasteiger partial charge in [-0.2, -0.15) is 5.01 Å². The number of nitrogens with zero attached hydrogens (tertiary/aromatic N) is 3. The summed E-state index contributed by atoms with van der Waals surface area (Å²) < 4.78 is 0. The van der Waals surface area contributed by atoms with Gasteiger partial charge < -0.3 is 0 Å². The van der Waals surface area contributed by atoms with E-state index in [1.54, 1.807) is 7.05 Å². The first-order chi connectivity index (χ1) is 8.28. The molecule has 0 aliphatic heterocycles. The monoisotopic (exact) mass is 298 g/mol. The summed E-state index contributed by atoms with van der Waals surface area (Å²) in [5, 5.41) is 9.26. The Bertz CT molecular complexity index is 408. The van der Waals surface area contributed by atoms with Crippen LogP contribution in [0.3, 0.4) is 0 Å². The standard InChI is InChI=1S/C11H15BrN4O/c1-3-9-5-4-6-11(10(9)7-12)16(8-17)15-14-13-2/h4-6,8H,3,7H2,1-2H3,(H,13,15). The molecule has 1 N–H and O–H groups in total. The molecule has 1 rings (SSSR count). The molecular formula is C11H15BrN4O. The normalized spacial score (nSPS) is 10.5. The lowest BCUT2D eigenvalue weighted by molar-refractivity contribution is -0.107. The second-order valence-electron chi connectivity index (χ2n) is 3.27. The van der Waals surface area contributed by atoms with Crippen molar-refractivity contribution in [2.45, 2.75) is 18.7 Å². The molecule has 0 aliphatic carbocycles. The Hall–Kier alpha value is -1.43. The molecule has 6 heteroatoms. The molecule has 0 atom stereocenters. The van der Waals surface area contributed by atoms with E-state index in [-0.39, 0.29) is 0 Å². The molecule has 0 saturated carbocycles. The van der Waals surface area contributed by atoms with E-state index in [4.69, 9.17) is 0 Å². The number of hydrogen-bond donors (Lipinski definition) is 1. The zero-order chi connectivity index (χ0) is 12.7. The van der Waals surface area contributed by atoms with Gasteiger partial charge in [-0.3, -0.25) is 10.2 Å². The van der Waals surface area contributed by atoms with Crippen molar-refractivity contribution in [1.82, 2.24) is 5.43 Å². The number of benzene rings is 1. The van der Waals surface area contributed by atoms with Gasteiger partial charge in [0.25, 0.3) is 0 Å². The van der Waals surface area contributed by atoms with Gasteiger partial charge in [0.1, 0.15) is 0 Å². The van der Waals surface area contributed by atoms with Gasteiger partial charge in [0.2, 0.25) is 6.41 Å². The topological polar surface area (TPSA) is 57.1 Å². The summed E-state index contributed by atoms with van der Waals surface area (Å²) in [7, 11) is 1.63. The summed E-state index contributed by atoms with van der Waals surface area (Å²) >= 11 is 3.44. The van der Waals surface area contributed by atoms with Crippen LogP contribution in [-0.2, 0) is 16.5 Å². The minimum absolute atomic E-state index is 0.641. The Balaban J connectivity index is 3.18. The second-order valence-corrected chi connectivity index (χ2v) is 3.83. The molecule has 0 spiro atoms. The minimum Gasteiger partial charge on any atom is -0.293 e. The smallest absolute Gasteiger partial charge is 0.236 e. The van der Waals surface area contributed by atoms with Gasteiger partial charge in [-0.25, -0.2) is 0 Å². The average Bonchev–Trinajstić information content (AvgIpc) is 2.39. The fourth-order valence-corrected chi connectivity index (χ4v) is 2.19. The molecule has 0 fully saturated rings. The zero-order valence-corrected chi connectivity index (χ0v) is 11.4. The van der Waals surface area contributed by atoms with Crippen LogP contribution >= 0.6 is 15.9 Å². The van der Waals surface area contributed by atoms with E-state index in [2.05, 4.69) is 38.7 Å². The fraction of sp³-hybridized carbons (Fsp3) is 0.364. The Morgan fingerprint density at radius 1 is 1.53 bits per heavy atom. The summed E-state index contributed by atoms with van der Waals surface area (Å²) in [6.45, 7) is 2.08. The van der Waals surface area contributed by atoms with Crippen molar-refractivity contribution in [2.24, 2.45) is 10.4 Å². The summed E-state index contributed by atoms with van der Waals surface area (Å²) in [5.74, 6) is 0. The molecule has 0 aliphatic rings. The molecule has 1 amide bonds. The van der Waals surface area contributed by atoms with Crippen molar-refractivity contribution in [3.05, 3.63) is 29.3 Å². The maximum Gasteiger partial charge on any atom is 0.236 e. The third-order valence-corrected chi connectivity index (χ3v) is 2.91. The summed E-state index contributed by atoms with van der Waals surface area (Å²) in [5.41, 5.74) is 5.50. The van der Waals surface area contributed by atoms with Crippen LogP contribution in [0.15, 0.2) is 28.6 Å². The van der Waals surface area contributed by atoms with Crippen LogP contribution in [0.1, 0.15) is 18.1 Å². The van der Waals surface area contributed by atoms with Gasteiger partial charge in [0.15, 0.2) is 0 Å². The first kappa shape index (κ1) is 13.6. The highest BCUT2D eigenvalue weighted by Gasteiger charge is 2.12. The number of alkyl halides is 1. The van der Waals surface area contributed by atoms with E-state index >= 15 is 0 Å². The first-order valence-electron chi connectivity index (χ1n) is 5.27. The van der Waals surface area contributed by atoms with Gasteiger partial charge in [-0.1, -0.05) is 40.2 Å². The molecular weight excluding hydrogens is 284 g/mol. The van der Waals surface area contributed by atoms with Gasteiger partial charge in [0, 0.05) is 12.4 Å². The fourth-order valence-electron chi connectivity index (χ4n) is 1.54. The molecule has 17 heavy (non-hydrogen) atoms. The summed E-state index contributed by atoms with van der Waals surface area (Å²) in [6, 6.07) is 5.79. The van der Waals surface area contributed by atoms with Crippen LogP contribution in [0.4, 0.5) is 5.69 Å². The first-order valence-corrected chi connectivity index (χ1v) is 6.39. The van der Waals surface area contributed by atoms with Crippen molar-refractivity contribution in [3.63, 3.8) is 0 Å². The van der Waals surface area contributed by atoms with Gasteiger partial charge >= 0.3 is 0 Å². The molecule has 0 radical (unpaired) electrons. The Kier molecular flexibility index (Phi) is 5.62. The highest BCUT2D eigenvalue weighted by molar-refractivity contribution is 9.08. The number of anilines is 1. The lowest BCUT2D eigenvalue weighted by atomic mass is 10.0. The van der Waals surface area contributed by atoms with Crippen molar-refractivity contribution in [3.8, 4) is 0 Å². The van der Waals surface area contributed by atoms with E-state index < -0.39 is 0 Å². The summed E-state index contributed by atoms with van der Waals surface area (Å²) in [4.78, 5) is 11.0. The SMILES string of the molecule is CCc1cccc(N(C=O)/N=N\NC)c1CBr. The maximum absolute atomic E-state index is 11.0. The molecule has 0 unspecified atom stereocenters. The number of amides is 1. The van der Waals surface area contributed by atoms with Crippen LogP contribution in [0, 0.1) is 0 Å². The van der Waals surface area contributed by atoms with Crippen LogP contribution in [-0.4, -0.2) is 13.5 Å². The Morgan fingerprint density at radius 2 is 2.29 bits per heavy atom. The number of rotatable bonds is 6. The number of hydrogen-bond acceptors (Lipinski definition) is 3. The number of nitrogens with one attached hydrogen (secondary N) is 1. The third kappa shape index (κ3) is 3.26. The Morgan fingerprint density at radius 3 is 2.82 bits per heavy atom. The largest absolute Gasteiger partial charge is 0.293 e. The van der Waals surface area contributed by atoms with Crippen LogP contribution in [0.25, 0.3) is 0 Å². The van der Waals surface area contributed by atoms with Crippen molar-refractivity contribution >= 4 is 28.0 Å². The Labute approximate surface area is 109 Å². The predicted octanol–water partition coefficient (Wildman–Crippen LogP) is 2.61. The van der Waals surface area contributed by atoms with Gasteiger partial charge in [0.05, 0.1) is 5.69 Å². The second kappa shape index (κ2) is 7.01. The van der Waals surface area contributed by atoms with Crippen molar-refractivity contribution in [1.29, 1.82) is 0 Å². The van der Waals surface area contributed by atoms with Crippen LogP contribution in [0.2, 0.25) is 0 Å². The van der Waals surface area contributed by atoms with Crippen LogP contribution in [0.5, 0.6) is 0 Å². The lowest BCUT2D eigenvalue weighted by Crippen LogP contribution is -2.16. The lowest BCUT2D eigenvalue weighted by Gasteiger charge is -2.16. The highest BCUT2D eigenvalue weighted by atomic mass is 79.9. The molecule has 1 aromatic carbocycles. The van der Waals surface area contributed by atoms with E-state index in [1.165, 1.54) is 10.6 Å². The number of halogens is 1. The predicted molar refractivity (Wildman–Crippen MR) is 70.9 cm³/mol. The molecule has 5 nitrogen and oxygen atoms in total.